The molecule has 0 radical (unpaired) electrons. The zero-order valence-corrected chi connectivity index (χ0v) is 21.0. The van der Waals surface area contributed by atoms with Gasteiger partial charge >= 0.3 is 6.03 Å². The molecule has 182 valence electrons. The number of nitrogens with zero attached hydrogens (tertiary/aromatic N) is 4. The molecule has 1 fully saturated rings. The zero-order chi connectivity index (χ0) is 24.0. The minimum atomic E-state index is -3.66. The Hall–Kier alpha value is -2.25. The highest BCUT2D eigenvalue weighted by Gasteiger charge is 2.28. The number of benzene rings is 1. The summed E-state index contributed by atoms with van der Waals surface area (Å²) in [7, 11) is -0.710. The number of amides is 2. The first kappa shape index (κ1) is 25.4. The van der Waals surface area contributed by atoms with Crippen LogP contribution in [0.1, 0.15) is 12.6 Å². The van der Waals surface area contributed by atoms with Gasteiger partial charge in [0, 0.05) is 46.0 Å². The largest absolute Gasteiger partial charge is 0.494 e. The molecular weight excluding hydrogens is 466 g/mol. The maximum atomic E-state index is 13.2. The lowest BCUT2D eigenvalue weighted by Gasteiger charge is -2.29. The van der Waals surface area contributed by atoms with Gasteiger partial charge in [-0.2, -0.15) is 0 Å². The normalized spacial score (nSPS) is 14.9. The summed E-state index contributed by atoms with van der Waals surface area (Å²) in [5, 5.41) is 3.22. The van der Waals surface area contributed by atoms with Crippen LogP contribution in [0, 0.1) is 6.92 Å². The average molecular weight is 498 g/mol. The molecule has 2 heterocycles. The minimum absolute atomic E-state index is 0.132. The fourth-order valence-corrected chi connectivity index (χ4v) is 5.90. The molecule has 0 saturated carbocycles. The van der Waals surface area contributed by atoms with Gasteiger partial charge in [-0.15, -0.1) is 0 Å². The van der Waals surface area contributed by atoms with E-state index in [-0.39, 0.29) is 10.2 Å². The summed E-state index contributed by atoms with van der Waals surface area (Å²) < 4.78 is 37.5. The van der Waals surface area contributed by atoms with Crippen molar-refractivity contribution < 1.29 is 22.7 Å². The van der Waals surface area contributed by atoms with Crippen LogP contribution < -0.4 is 15.0 Å². The second-order valence-electron chi connectivity index (χ2n) is 7.65. The molecule has 1 aromatic carbocycles. The molecule has 0 spiro atoms. The van der Waals surface area contributed by atoms with Gasteiger partial charge in [-0.3, -0.25) is 9.80 Å². The number of rotatable bonds is 9. The molecule has 10 nitrogen and oxygen atoms in total. The Balaban J connectivity index is 1.83. The number of urea groups is 1. The van der Waals surface area contributed by atoms with E-state index in [0.29, 0.717) is 55.2 Å². The molecule has 3 rings (SSSR count). The molecule has 2 amide bonds. The van der Waals surface area contributed by atoms with Gasteiger partial charge < -0.3 is 14.8 Å². The zero-order valence-electron chi connectivity index (χ0n) is 19.4. The first-order valence-corrected chi connectivity index (χ1v) is 13.0. The molecule has 0 bridgehead atoms. The number of hydrogen-bond donors (Lipinski definition) is 1. The van der Waals surface area contributed by atoms with E-state index in [9.17, 15) is 13.2 Å². The highest BCUT2D eigenvalue weighted by atomic mass is 32.2. The number of carbonyl (C=O) groups is 1. The Morgan fingerprint density at radius 3 is 2.52 bits per heavy atom. The van der Waals surface area contributed by atoms with Gasteiger partial charge in [0.15, 0.2) is 9.34 Å². The maximum absolute atomic E-state index is 13.2. The molecule has 1 N–H and O–H groups in total. The number of nitrogens with one attached hydrogen (secondary N) is 1. The number of thiazole rings is 1. The van der Waals surface area contributed by atoms with E-state index in [0.717, 1.165) is 28.7 Å². The average Bonchev–Trinajstić information content (AvgIpc) is 3.18. The van der Waals surface area contributed by atoms with Gasteiger partial charge in [0.05, 0.1) is 25.5 Å². The highest BCUT2D eigenvalue weighted by Crippen LogP contribution is 2.31. The van der Waals surface area contributed by atoms with Crippen LogP contribution in [-0.2, 0) is 14.8 Å². The van der Waals surface area contributed by atoms with E-state index in [1.807, 2.05) is 6.92 Å². The topological polar surface area (TPSA) is 104 Å². The van der Waals surface area contributed by atoms with Gasteiger partial charge in [0.25, 0.3) is 10.0 Å². The first-order valence-electron chi connectivity index (χ1n) is 10.7. The Labute approximate surface area is 199 Å². The molecule has 0 atom stereocenters. The minimum Gasteiger partial charge on any atom is -0.494 e. The van der Waals surface area contributed by atoms with E-state index < -0.39 is 10.0 Å². The van der Waals surface area contributed by atoms with Crippen LogP contribution in [0.3, 0.4) is 0 Å². The second-order valence-corrected chi connectivity index (χ2v) is 11.0. The number of carbonyl (C=O) groups excluding carboxylic acids is 1. The van der Waals surface area contributed by atoms with Gasteiger partial charge in [-0.25, -0.2) is 22.5 Å². The summed E-state index contributed by atoms with van der Waals surface area (Å²) >= 11 is 0.999. The summed E-state index contributed by atoms with van der Waals surface area (Å²) in [6, 6.07) is 6.71. The number of aromatic nitrogens is 1. The van der Waals surface area contributed by atoms with Crippen LogP contribution >= 0.6 is 11.3 Å². The molecule has 0 unspecified atom stereocenters. The second kappa shape index (κ2) is 11.3. The van der Waals surface area contributed by atoms with Crippen molar-refractivity contribution in [1.82, 2.24) is 14.2 Å². The molecule has 33 heavy (non-hydrogen) atoms. The molecule has 1 saturated heterocycles. The lowest BCUT2D eigenvalue weighted by Crippen LogP contribution is -2.44. The molecule has 1 aromatic heterocycles. The summed E-state index contributed by atoms with van der Waals surface area (Å²) in [4.78, 5) is 21.4. The lowest BCUT2D eigenvalue weighted by atomic mass is 10.3. The van der Waals surface area contributed by atoms with Crippen molar-refractivity contribution in [2.45, 2.75) is 18.1 Å². The third kappa shape index (κ3) is 6.42. The van der Waals surface area contributed by atoms with Crippen molar-refractivity contribution in [3.05, 3.63) is 30.0 Å². The van der Waals surface area contributed by atoms with Crippen LogP contribution in [-0.4, -0.2) is 88.7 Å². The lowest BCUT2D eigenvalue weighted by molar-refractivity contribution is 0.0393. The van der Waals surface area contributed by atoms with Crippen molar-refractivity contribution in [2.75, 3.05) is 70.3 Å². The summed E-state index contributed by atoms with van der Waals surface area (Å²) in [5.74, 6) is 0.716. The van der Waals surface area contributed by atoms with Crippen molar-refractivity contribution >= 4 is 38.2 Å². The fourth-order valence-electron chi connectivity index (χ4n) is 3.23. The Bertz CT molecular complexity index is 1030. The Morgan fingerprint density at radius 1 is 1.24 bits per heavy atom. The van der Waals surface area contributed by atoms with Gasteiger partial charge in [-0.1, -0.05) is 11.3 Å². The van der Waals surface area contributed by atoms with E-state index in [2.05, 4.69) is 15.2 Å². The fraction of sp³-hybridized carbons (Fsp3) is 0.524. The van der Waals surface area contributed by atoms with Gasteiger partial charge in [-0.05, 0) is 38.1 Å². The van der Waals surface area contributed by atoms with Crippen molar-refractivity contribution in [2.24, 2.45) is 0 Å². The first-order chi connectivity index (χ1) is 15.7. The van der Waals surface area contributed by atoms with E-state index in [4.69, 9.17) is 9.47 Å². The van der Waals surface area contributed by atoms with Crippen LogP contribution in [0.2, 0.25) is 0 Å². The van der Waals surface area contributed by atoms with Gasteiger partial charge in [0.2, 0.25) is 0 Å². The Kier molecular flexibility index (Phi) is 8.65. The SMILES string of the molecule is CCOc1ccc(NC(=O)N(CCN2CCOCC2)c2nc(C)c(S(=O)(=O)N(C)C)s2)cc1. The number of sulfonamides is 1. The number of hydrogen-bond acceptors (Lipinski definition) is 8. The molecule has 1 aliphatic heterocycles. The molecule has 12 heteroatoms. The number of ether oxygens (including phenoxy) is 2. The summed E-state index contributed by atoms with van der Waals surface area (Å²) in [6.45, 7) is 7.95. The van der Waals surface area contributed by atoms with Crippen LogP contribution in [0.15, 0.2) is 28.5 Å². The maximum Gasteiger partial charge on any atom is 0.328 e. The molecule has 0 aliphatic carbocycles. The van der Waals surface area contributed by atoms with Crippen LogP contribution in [0.4, 0.5) is 15.6 Å². The third-order valence-electron chi connectivity index (χ3n) is 5.09. The predicted molar refractivity (Wildman–Crippen MR) is 129 cm³/mol. The van der Waals surface area contributed by atoms with Crippen LogP contribution in [0.5, 0.6) is 5.75 Å². The number of morpholine rings is 1. The van der Waals surface area contributed by atoms with E-state index in [1.54, 1.807) is 31.2 Å². The van der Waals surface area contributed by atoms with Crippen molar-refractivity contribution in [1.29, 1.82) is 0 Å². The summed E-state index contributed by atoms with van der Waals surface area (Å²) in [5.41, 5.74) is 0.975. The van der Waals surface area contributed by atoms with E-state index >= 15 is 0 Å². The van der Waals surface area contributed by atoms with Crippen LogP contribution in [0.25, 0.3) is 0 Å². The standard InChI is InChI=1S/C21H31N5O5S2/c1-5-31-18-8-6-17(7-9-18)23-20(27)26(11-10-25-12-14-30-15-13-25)21-22-16(2)19(32-21)33(28,29)24(3)4/h6-9H,5,10-15H2,1-4H3,(H,23,27). The quantitative estimate of drug-likeness (QED) is 0.568. The van der Waals surface area contributed by atoms with Crippen molar-refractivity contribution in [3.8, 4) is 5.75 Å². The number of aryl methyl sites for hydroxylation is 1. The monoisotopic (exact) mass is 497 g/mol. The highest BCUT2D eigenvalue weighted by molar-refractivity contribution is 7.91. The van der Waals surface area contributed by atoms with Gasteiger partial charge in [0.1, 0.15) is 5.75 Å². The third-order valence-corrected chi connectivity index (χ3v) is 8.68. The van der Waals surface area contributed by atoms with E-state index in [1.165, 1.54) is 19.0 Å². The molecule has 1 aliphatic rings. The molecule has 2 aromatic rings. The summed E-state index contributed by atoms with van der Waals surface area (Å²) in [6.07, 6.45) is 0. The molecular formula is C21H31N5O5S2. The predicted octanol–water partition coefficient (Wildman–Crippen LogP) is 2.47. The number of anilines is 2. The smallest absolute Gasteiger partial charge is 0.328 e. The Morgan fingerprint density at radius 2 is 1.91 bits per heavy atom. The van der Waals surface area contributed by atoms with Crippen molar-refractivity contribution in [3.63, 3.8) is 0 Å².